The van der Waals surface area contributed by atoms with Gasteiger partial charge in [0.1, 0.15) is 0 Å². The van der Waals surface area contributed by atoms with Crippen LogP contribution in [0, 0.1) is 0 Å². The number of aliphatic hydroxyl groups is 1. The van der Waals surface area contributed by atoms with Crippen LogP contribution in [0.2, 0.25) is 0 Å². The minimum atomic E-state index is -3.50. The molecule has 104 valence electrons. The normalized spacial score (nSPS) is 13.7. The Morgan fingerprint density at radius 1 is 1.44 bits per heavy atom. The number of thiophene rings is 1. The van der Waals surface area contributed by atoms with E-state index in [4.69, 9.17) is 5.11 Å². The van der Waals surface area contributed by atoms with Crippen molar-refractivity contribution in [3.05, 3.63) is 16.3 Å². The Bertz CT molecular complexity index is 454. The topological polar surface area (TPSA) is 66.4 Å². The first-order valence-electron chi connectivity index (χ1n) is 6.20. The molecule has 0 saturated carbocycles. The maximum Gasteiger partial charge on any atom is 0.242 e. The van der Waals surface area contributed by atoms with Crippen LogP contribution in [0.25, 0.3) is 0 Å². The summed E-state index contributed by atoms with van der Waals surface area (Å²) in [5.74, 6) is 0. The van der Waals surface area contributed by atoms with E-state index in [0.717, 1.165) is 25.7 Å². The third-order valence-corrected chi connectivity index (χ3v) is 5.44. The standard InChI is InChI=1S/C12H21NO3S2/c1-3-4-5-6-10(2)13-18(15,16)12-7-8-17-11(12)9-14/h7-8,10,13-14H,3-6,9H2,1-2H3. The Balaban J connectivity index is 2.65. The first kappa shape index (κ1) is 15.6. The molecule has 0 aromatic carbocycles. The molecular weight excluding hydrogens is 270 g/mol. The predicted octanol–water partition coefficient (Wildman–Crippen LogP) is 2.49. The van der Waals surface area contributed by atoms with Crippen LogP contribution in [0.15, 0.2) is 16.3 Å². The van der Waals surface area contributed by atoms with Gasteiger partial charge < -0.3 is 5.11 Å². The number of aliphatic hydroxyl groups excluding tert-OH is 1. The maximum atomic E-state index is 12.1. The van der Waals surface area contributed by atoms with Crippen molar-refractivity contribution in [2.75, 3.05) is 0 Å². The molecule has 0 amide bonds. The zero-order chi connectivity index (χ0) is 13.6. The molecule has 0 spiro atoms. The van der Waals surface area contributed by atoms with E-state index in [1.54, 1.807) is 5.38 Å². The molecule has 0 radical (unpaired) electrons. The highest BCUT2D eigenvalue weighted by Gasteiger charge is 2.21. The smallest absolute Gasteiger partial charge is 0.242 e. The summed E-state index contributed by atoms with van der Waals surface area (Å²) in [6, 6.07) is 1.46. The molecule has 1 rings (SSSR count). The first-order chi connectivity index (χ1) is 8.51. The molecular formula is C12H21NO3S2. The van der Waals surface area contributed by atoms with Gasteiger partial charge in [0.05, 0.1) is 11.5 Å². The molecule has 2 N–H and O–H groups in total. The Morgan fingerprint density at radius 2 is 2.17 bits per heavy atom. The molecule has 1 aromatic rings. The molecule has 0 saturated heterocycles. The summed E-state index contributed by atoms with van der Waals surface area (Å²) in [7, 11) is -3.50. The Hall–Kier alpha value is -0.430. The van der Waals surface area contributed by atoms with Gasteiger partial charge >= 0.3 is 0 Å². The lowest BCUT2D eigenvalue weighted by molar-refractivity contribution is 0.282. The van der Waals surface area contributed by atoms with Gasteiger partial charge in [-0.05, 0) is 24.8 Å². The molecule has 1 unspecified atom stereocenters. The van der Waals surface area contributed by atoms with Crippen molar-refractivity contribution in [2.24, 2.45) is 0 Å². The van der Waals surface area contributed by atoms with Gasteiger partial charge in [0.15, 0.2) is 0 Å². The lowest BCUT2D eigenvalue weighted by Gasteiger charge is -2.14. The van der Waals surface area contributed by atoms with Gasteiger partial charge in [-0.2, -0.15) is 0 Å². The molecule has 0 bridgehead atoms. The number of unbranched alkanes of at least 4 members (excludes halogenated alkanes) is 2. The largest absolute Gasteiger partial charge is 0.391 e. The number of sulfonamides is 1. The Labute approximate surface area is 113 Å². The quantitative estimate of drug-likeness (QED) is 0.723. The minimum absolute atomic E-state index is 0.0759. The van der Waals surface area contributed by atoms with E-state index < -0.39 is 10.0 Å². The van der Waals surface area contributed by atoms with E-state index in [1.165, 1.54) is 17.4 Å². The van der Waals surface area contributed by atoms with Crippen molar-refractivity contribution in [3.63, 3.8) is 0 Å². The lowest BCUT2D eigenvalue weighted by atomic mass is 10.1. The van der Waals surface area contributed by atoms with Gasteiger partial charge in [0, 0.05) is 10.9 Å². The average molecular weight is 291 g/mol. The Morgan fingerprint density at radius 3 is 2.78 bits per heavy atom. The molecule has 1 aromatic heterocycles. The van der Waals surface area contributed by atoms with Crippen LogP contribution >= 0.6 is 11.3 Å². The summed E-state index contributed by atoms with van der Waals surface area (Å²) in [5.41, 5.74) is 0. The van der Waals surface area contributed by atoms with E-state index in [1.807, 2.05) is 6.92 Å². The van der Waals surface area contributed by atoms with Gasteiger partial charge in [-0.15, -0.1) is 11.3 Å². The van der Waals surface area contributed by atoms with Crippen LogP contribution in [0.3, 0.4) is 0 Å². The van der Waals surface area contributed by atoms with E-state index >= 15 is 0 Å². The van der Waals surface area contributed by atoms with Gasteiger partial charge in [0.25, 0.3) is 0 Å². The number of nitrogens with one attached hydrogen (secondary N) is 1. The van der Waals surface area contributed by atoms with Gasteiger partial charge in [-0.25, -0.2) is 13.1 Å². The van der Waals surface area contributed by atoms with Crippen molar-refractivity contribution >= 4 is 21.4 Å². The summed E-state index contributed by atoms with van der Waals surface area (Å²) >= 11 is 1.26. The monoisotopic (exact) mass is 291 g/mol. The average Bonchev–Trinajstić information content (AvgIpc) is 2.77. The number of hydrogen-bond acceptors (Lipinski definition) is 4. The SMILES string of the molecule is CCCCCC(C)NS(=O)(=O)c1ccsc1CO. The number of rotatable bonds is 8. The molecule has 6 heteroatoms. The fourth-order valence-corrected chi connectivity index (χ4v) is 4.34. The molecule has 1 heterocycles. The number of hydrogen-bond donors (Lipinski definition) is 2. The summed E-state index contributed by atoms with van der Waals surface area (Å²) in [6.45, 7) is 3.75. The maximum absolute atomic E-state index is 12.1. The highest BCUT2D eigenvalue weighted by Crippen LogP contribution is 2.22. The second-order valence-electron chi connectivity index (χ2n) is 4.38. The fraction of sp³-hybridized carbons (Fsp3) is 0.667. The molecule has 0 fully saturated rings. The summed E-state index contributed by atoms with van der Waals surface area (Å²) in [4.78, 5) is 0.695. The third-order valence-electron chi connectivity index (χ3n) is 2.73. The van der Waals surface area contributed by atoms with E-state index in [-0.39, 0.29) is 17.5 Å². The van der Waals surface area contributed by atoms with Crippen molar-refractivity contribution in [3.8, 4) is 0 Å². The second kappa shape index (κ2) is 7.23. The fourth-order valence-electron chi connectivity index (χ4n) is 1.77. The summed E-state index contributed by atoms with van der Waals surface area (Å²) in [6.07, 6.45) is 4.10. The van der Waals surface area contributed by atoms with Crippen LogP contribution in [-0.4, -0.2) is 19.6 Å². The van der Waals surface area contributed by atoms with Crippen LogP contribution in [0.1, 0.15) is 44.4 Å². The van der Waals surface area contributed by atoms with Crippen molar-refractivity contribution < 1.29 is 13.5 Å². The van der Waals surface area contributed by atoms with E-state index in [0.29, 0.717) is 4.88 Å². The van der Waals surface area contributed by atoms with Crippen molar-refractivity contribution in [1.29, 1.82) is 0 Å². The van der Waals surface area contributed by atoms with Gasteiger partial charge in [-0.1, -0.05) is 26.2 Å². The summed E-state index contributed by atoms with van der Waals surface area (Å²) in [5, 5.41) is 10.8. The van der Waals surface area contributed by atoms with Crippen LogP contribution in [0.4, 0.5) is 0 Å². The zero-order valence-electron chi connectivity index (χ0n) is 10.8. The van der Waals surface area contributed by atoms with Gasteiger partial charge in [-0.3, -0.25) is 0 Å². The lowest BCUT2D eigenvalue weighted by Crippen LogP contribution is -2.32. The molecule has 1 atom stereocenters. The second-order valence-corrected chi connectivity index (χ2v) is 7.07. The molecule has 0 aliphatic heterocycles. The van der Waals surface area contributed by atoms with Crippen molar-refractivity contribution in [1.82, 2.24) is 4.72 Å². The van der Waals surface area contributed by atoms with E-state index in [9.17, 15) is 8.42 Å². The molecule has 0 aliphatic carbocycles. The highest BCUT2D eigenvalue weighted by atomic mass is 32.2. The zero-order valence-corrected chi connectivity index (χ0v) is 12.5. The molecule has 18 heavy (non-hydrogen) atoms. The van der Waals surface area contributed by atoms with Crippen LogP contribution in [-0.2, 0) is 16.6 Å². The first-order valence-corrected chi connectivity index (χ1v) is 8.57. The summed E-state index contributed by atoms with van der Waals surface area (Å²) < 4.78 is 26.9. The highest BCUT2D eigenvalue weighted by molar-refractivity contribution is 7.89. The minimum Gasteiger partial charge on any atom is -0.391 e. The van der Waals surface area contributed by atoms with Crippen LogP contribution in [0.5, 0.6) is 0 Å². The van der Waals surface area contributed by atoms with Crippen LogP contribution < -0.4 is 4.72 Å². The Kier molecular flexibility index (Phi) is 6.28. The predicted molar refractivity (Wildman–Crippen MR) is 74.2 cm³/mol. The van der Waals surface area contributed by atoms with Crippen molar-refractivity contribution in [2.45, 2.75) is 57.1 Å². The molecule has 4 nitrogen and oxygen atoms in total. The molecule has 0 aliphatic rings. The third kappa shape index (κ3) is 4.35. The van der Waals surface area contributed by atoms with Gasteiger partial charge in [0.2, 0.25) is 10.0 Å². The van der Waals surface area contributed by atoms with E-state index in [2.05, 4.69) is 11.6 Å².